The summed E-state index contributed by atoms with van der Waals surface area (Å²) in [4.78, 5) is 13.0. The molecule has 0 aromatic heterocycles. The number of carbonyl (C=O) groups excluding carboxylic acids is 1. The molecule has 0 fully saturated rings. The summed E-state index contributed by atoms with van der Waals surface area (Å²) in [6.07, 6.45) is 22.2. The van der Waals surface area contributed by atoms with Crippen LogP contribution in [0.2, 0.25) is 0 Å². The highest BCUT2D eigenvalue weighted by atomic mass is 16.5. The van der Waals surface area contributed by atoms with Gasteiger partial charge in [-0.1, -0.05) is 117 Å². The van der Waals surface area contributed by atoms with Gasteiger partial charge in [-0.25, -0.2) is 0 Å². The van der Waals surface area contributed by atoms with E-state index in [-0.39, 0.29) is 11.4 Å². The zero-order chi connectivity index (χ0) is 20.2. The SMILES string of the molecule is CCCCCCCC(CCCCCCC)(CCCCCCC)C(=O)OCC. The van der Waals surface area contributed by atoms with Crippen LogP contribution in [-0.2, 0) is 9.53 Å². The van der Waals surface area contributed by atoms with Crippen molar-refractivity contribution in [2.45, 2.75) is 143 Å². The molecule has 0 atom stereocenters. The minimum absolute atomic E-state index is 0.103. The minimum Gasteiger partial charge on any atom is -0.466 e. The largest absolute Gasteiger partial charge is 0.466 e. The van der Waals surface area contributed by atoms with Crippen molar-refractivity contribution in [1.29, 1.82) is 0 Å². The van der Waals surface area contributed by atoms with Crippen molar-refractivity contribution >= 4 is 5.97 Å². The lowest BCUT2D eigenvalue weighted by atomic mass is 9.74. The van der Waals surface area contributed by atoms with Gasteiger partial charge < -0.3 is 4.74 Å². The fraction of sp³-hybridized carbons (Fsp3) is 0.960. The fourth-order valence-corrected chi connectivity index (χ4v) is 4.17. The highest BCUT2D eigenvalue weighted by Gasteiger charge is 2.38. The van der Waals surface area contributed by atoms with E-state index in [4.69, 9.17) is 4.74 Å². The second-order valence-corrected chi connectivity index (χ2v) is 8.49. The van der Waals surface area contributed by atoms with Gasteiger partial charge in [-0.15, -0.1) is 0 Å². The lowest BCUT2D eigenvalue weighted by Crippen LogP contribution is -2.33. The van der Waals surface area contributed by atoms with Crippen LogP contribution in [0, 0.1) is 5.41 Å². The van der Waals surface area contributed by atoms with Crippen molar-refractivity contribution in [3.8, 4) is 0 Å². The summed E-state index contributed by atoms with van der Waals surface area (Å²) < 4.78 is 5.60. The van der Waals surface area contributed by atoms with E-state index in [0.717, 1.165) is 19.3 Å². The second-order valence-electron chi connectivity index (χ2n) is 8.49. The summed E-state index contributed by atoms with van der Waals surface area (Å²) in [6, 6.07) is 0. The molecule has 0 bridgehead atoms. The number of hydrogen-bond acceptors (Lipinski definition) is 2. The van der Waals surface area contributed by atoms with Gasteiger partial charge in [0, 0.05) is 0 Å². The van der Waals surface area contributed by atoms with Crippen LogP contribution in [0.5, 0.6) is 0 Å². The summed E-state index contributed by atoms with van der Waals surface area (Å²) in [5.74, 6) is 0.103. The molecule has 27 heavy (non-hydrogen) atoms. The summed E-state index contributed by atoms with van der Waals surface area (Å²) in [5.41, 5.74) is -0.208. The van der Waals surface area contributed by atoms with Crippen LogP contribution in [0.15, 0.2) is 0 Å². The van der Waals surface area contributed by atoms with Crippen molar-refractivity contribution in [1.82, 2.24) is 0 Å². The number of unbranched alkanes of at least 4 members (excludes halogenated alkanes) is 12. The molecule has 0 aromatic carbocycles. The summed E-state index contributed by atoms with van der Waals surface area (Å²) >= 11 is 0. The predicted molar refractivity (Wildman–Crippen MR) is 119 cm³/mol. The molecule has 2 heteroatoms. The molecule has 2 nitrogen and oxygen atoms in total. The van der Waals surface area contributed by atoms with Crippen molar-refractivity contribution in [2.75, 3.05) is 6.61 Å². The summed E-state index contributed by atoms with van der Waals surface area (Å²) in [5, 5.41) is 0. The Labute approximate surface area is 171 Å². The zero-order valence-corrected chi connectivity index (χ0v) is 19.3. The predicted octanol–water partition coefficient (Wildman–Crippen LogP) is 8.62. The molecule has 0 saturated carbocycles. The lowest BCUT2D eigenvalue weighted by molar-refractivity contribution is -0.157. The highest BCUT2D eigenvalue weighted by molar-refractivity contribution is 5.76. The molecule has 0 N–H and O–H groups in total. The van der Waals surface area contributed by atoms with Gasteiger partial charge in [0.1, 0.15) is 0 Å². The number of ether oxygens (including phenoxy) is 1. The van der Waals surface area contributed by atoms with E-state index in [9.17, 15) is 4.79 Å². The monoisotopic (exact) mass is 382 g/mol. The fourth-order valence-electron chi connectivity index (χ4n) is 4.17. The van der Waals surface area contributed by atoms with Crippen molar-refractivity contribution in [3.05, 3.63) is 0 Å². The summed E-state index contributed by atoms with van der Waals surface area (Å²) in [6.45, 7) is 9.25. The lowest BCUT2D eigenvalue weighted by Gasteiger charge is -2.32. The van der Waals surface area contributed by atoms with E-state index in [1.807, 2.05) is 6.92 Å². The molecular formula is C25H50O2. The summed E-state index contributed by atoms with van der Waals surface area (Å²) in [7, 11) is 0. The van der Waals surface area contributed by atoms with Crippen LogP contribution in [0.1, 0.15) is 143 Å². The van der Waals surface area contributed by atoms with Crippen LogP contribution in [0.3, 0.4) is 0 Å². The third-order valence-electron chi connectivity index (χ3n) is 5.99. The Bertz CT molecular complexity index is 288. The Morgan fingerprint density at radius 3 is 1.19 bits per heavy atom. The maximum atomic E-state index is 13.0. The van der Waals surface area contributed by atoms with Gasteiger partial charge >= 0.3 is 5.97 Å². The third kappa shape index (κ3) is 13.3. The molecule has 162 valence electrons. The maximum absolute atomic E-state index is 13.0. The van der Waals surface area contributed by atoms with Gasteiger partial charge in [0.15, 0.2) is 0 Å². The Balaban J connectivity index is 4.80. The standard InChI is InChI=1S/C25H50O2/c1-5-9-12-15-18-21-25(24(26)27-8-4,22-19-16-13-10-6-2)23-20-17-14-11-7-3/h5-23H2,1-4H3. The van der Waals surface area contributed by atoms with E-state index in [1.165, 1.54) is 96.3 Å². The van der Waals surface area contributed by atoms with Crippen molar-refractivity contribution in [3.63, 3.8) is 0 Å². The number of hydrogen-bond donors (Lipinski definition) is 0. The van der Waals surface area contributed by atoms with Crippen LogP contribution in [0.25, 0.3) is 0 Å². The van der Waals surface area contributed by atoms with Gasteiger partial charge in [-0.2, -0.15) is 0 Å². The first-order chi connectivity index (χ1) is 13.2. The first-order valence-corrected chi connectivity index (χ1v) is 12.3. The van der Waals surface area contributed by atoms with Crippen molar-refractivity contribution in [2.24, 2.45) is 5.41 Å². The Morgan fingerprint density at radius 1 is 0.556 bits per heavy atom. The average molecular weight is 383 g/mol. The van der Waals surface area contributed by atoms with E-state index in [2.05, 4.69) is 20.8 Å². The molecule has 0 amide bonds. The minimum atomic E-state index is -0.208. The van der Waals surface area contributed by atoms with Crippen LogP contribution in [-0.4, -0.2) is 12.6 Å². The quantitative estimate of drug-likeness (QED) is 0.155. The number of carbonyl (C=O) groups is 1. The van der Waals surface area contributed by atoms with Gasteiger partial charge in [0.25, 0.3) is 0 Å². The molecule has 0 saturated heterocycles. The van der Waals surface area contributed by atoms with Gasteiger partial charge in [-0.05, 0) is 26.2 Å². The third-order valence-corrected chi connectivity index (χ3v) is 5.99. The normalized spacial score (nSPS) is 11.7. The van der Waals surface area contributed by atoms with Gasteiger partial charge in [0.2, 0.25) is 0 Å². The topological polar surface area (TPSA) is 26.3 Å². The van der Waals surface area contributed by atoms with Gasteiger partial charge in [0.05, 0.1) is 12.0 Å². The average Bonchev–Trinajstić information content (AvgIpc) is 2.67. The van der Waals surface area contributed by atoms with Crippen molar-refractivity contribution < 1.29 is 9.53 Å². The maximum Gasteiger partial charge on any atom is 0.312 e. The first kappa shape index (κ1) is 26.5. The molecule has 0 rings (SSSR count). The zero-order valence-electron chi connectivity index (χ0n) is 19.3. The number of rotatable bonds is 20. The van der Waals surface area contributed by atoms with E-state index in [0.29, 0.717) is 6.61 Å². The molecule has 0 aliphatic carbocycles. The molecule has 0 radical (unpaired) electrons. The Hall–Kier alpha value is -0.530. The highest BCUT2D eigenvalue weighted by Crippen LogP contribution is 2.39. The van der Waals surface area contributed by atoms with Gasteiger partial charge in [-0.3, -0.25) is 4.79 Å². The second kappa shape index (κ2) is 18.8. The molecule has 0 aliphatic heterocycles. The molecular weight excluding hydrogens is 332 g/mol. The molecule has 0 spiro atoms. The Kier molecular flexibility index (Phi) is 18.4. The molecule has 0 aliphatic rings. The van der Waals surface area contributed by atoms with Crippen LogP contribution < -0.4 is 0 Å². The Morgan fingerprint density at radius 2 is 0.889 bits per heavy atom. The van der Waals surface area contributed by atoms with E-state index >= 15 is 0 Å². The molecule has 0 aromatic rings. The van der Waals surface area contributed by atoms with E-state index in [1.54, 1.807) is 0 Å². The van der Waals surface area contributed by atoms with E-state index < -0.39 is 0 Å². The molecule has 0 unspecified atom stereocenters. The van der Waals surface area contributed by atoms with Crippen LogP contribution >= 0.6 is 0 Å². The first-order valence-electron chi connectivity index (χ1n) is 12.3. The smallest absolute Gasteiger partial charge is 0.312 e. The van der Waals surface area contributed by atoms with Crippen LogP contribution in [0.4, 0.5) is 0 Å². The molecule has 0 heterocycles. The number of esters is 1.